The quantitative estimate of drug-likeness (QED) is 0.917. The molecule has 0 saturated carbocycles. The van der Waals surface area contributed by atoms with Crippen LogP contribution in [0.25, 0.3) is 0 Å². The van der Waals surface area contributed by atoms with E-state index >= 15 is 0 Å². The molecular weight excluding hydrogens is 278 g/mol. The average Bonchev–Trinajstić information content (AvgIpc) is 3.00. The summed E-state index contributed by atoms with van der Waals surface area (Å²) < 4.78 is 7.21. The molecule has 1 N–H and O–H groups in total. The van der Waals surface area contributed by atoms with Gasteiger partial charge < -0.3 is 15.0 Å². The van der Waals surface area contributed by atoms with Crippen molar-refractivity contribution in [3.63, 3.8) is 0 Å². The Labute approximate surface area is 131 Å². The van der Waals surface area contributed by atoms with E-state index < -0.39 is 0 Å². The number of morpholine rings is 1. The molecule has 0 bridgehead atoms. The topological polar surface area (TPSA) is 55.2 Å². The molecule has 0 unspecified atom stereocenters. The van der Waals surface area contributed by atoms with Crippen molar-refractivity contribution >= 4 is 11.5 Å². The first-order valence-corrected chi connectivity index (χ1v) is 7.80. The molecule has 6 heteroatoms. The van der Waals surface area contributed by atoms with Gasteiger partial charge in [0.15, 0.2) is 0 Å². The Hall–Kier alpha value is -2.08. The Kier molecular flexibility index (Phi) is 4.58. The van der Waals surface area contributed by atoms with Crippen LogP contribution in [0.4, 0.5) is 11.5 Å². The monoisotopic (exact) mass is 301 g/mol. The lowest BCUT2D eigenvalue weighted by atomic mass is 10.1. The zero-order valence-corrected chi connectivity index (χ0v) is 13.2. The summed E-state index contributed by atoms with van der Waals surface area (Å²) in [5.74, 6) is 1.02. The fraction of sp³-hybridized carbons (Fsp3) is 0.500. The van der Waals surface area contributed by atoms with Gasteiger partial charge in [0.2, 0.25) is 0 Å². The van der Waals surface area contributed by atoms with Crippen molar-refractivity contribution < 1.29 is 4.74 Å². The van der Waals surface area contributed by atoms with Crippen LogP contribution in [0.1, 0.15) is 24.9 Å². The number of hydrogen-bond donors (Lipinski definition) is 1. The van der Waals surface area contributed by atoms with Crippen LogP contribution in [-0.4, -0.2) is 41.1 Å². The Morgan fingerprint density at radius 1 is 1.27 bits per heavy atom. The lowest BCUT2D eigenvalue weighted by Crippen LogP contribution is -2.36. The summed E-state index contributed by atoms with van der Waals surface area (Å²) in [6.07, 6.45) is 6.87. The van der Waals surface area contributed by atoms with Gasteiger partial charge in [-0.15, -0.1) is 0 Å². The van der Waals surface area contributed by atoms with Gasteiger partial charge >= 0.3 is 0 Å². The summed E-state index contributed by atoms with van der Waals surface area (Å²) in [4.78, 5) is 6.83. The molecule has 1 saturated heterocycles. The van der Waals surface area contributed by atoms with Crippen molar-refractivity contribution in [2.75, 3.05) is 36.5 Å². The molecule has 3 rings (SSSR count). The van der Waals surface area contributed by atoms with Crippen molar-refractivity contribution in [1.29, 1.82) is 0 Å². The second kappa shape index (κ2) is 6.79. The number of ether oxygens (including phenoxy) is 1. The minimum Gasteiger partial charge on any atom is -0.378 e. The van der Waals surface area contributed by atoms with Gasteiger partial charge in [-0.3, -0.25) is 4.68 Å². The molecule has 2 aromatic rings. The molecule has 6 nitrogen and oxygen atoms in total. The van der Waals surface area contributed by atoms with E-state index in [1.165, 1.54) is 5.56 Å². The summed E-state index contributed by atoms with van der Waals surface area (Å²) in [6.45, 7) is 5.54. The predicted molar refractivity (Wildman–Crippen MR) is 87.1 cm³/mol. The molecule has 0 aliphatic carbocycles. The highest BCUT2D eigenvalue weighted by atomic mass is 16.5. The SMILES string of the molecule is CC[C@@H](Nc1ccc(N2CCOCC2)nc1)c1cnn(C)c1. The van der Waals surface area contributed by atoms with Crippen LogP contribution >= 0.6 is 0 Å². The first-order valence-electron chi connectivity index (χ1n) is 7.80. The van der Waals surface area contributed by atoms with Crippen LogP contribution in [0.5, 0.6) is 0 Å². The zero-order chi connectivity index (χ0) is 15.4. The number of anilines is 2. The Balaban J connectivity index is 1.67. The zero-order valence-electron chi connectivity index (χ0n) is 13.2. The first kappa shape index (κ1) is 14.8. The van der Waals surface area contributed by atoms with E-state index in [1.807, 2.05) is 24.1 Å². The lowest BCUT2D eigenvalue weighted by Gasteiger charge is -2.28. The maximum absolute atomic E-state index is 5.37. The van der Waals surface area contributed by atoms with Gasteiger partial charge in [-0.05, 0) is 18.6 Å². The molecule has 118 valence electrons. The molecule has 1 fully saturated rings. The number of hydrogen-bond acceptors (Lipinski definition) is 5. The molecular formula is C16H23N5O. The van der Waals surface area contributed by atoms with Gasteiger partial charge in [-0.2, -0.15) is 5.10 Å². The number of aromatic nitrogens is 3. The maximum atomic E-state index is 5.37. The molecule has 1 aliphatic heterocycles. The van der Waals surface area contributed by atoms with Crippen LogP contribution in [0.15, 0.2) is 30.7 Å². The third kappa shape index (κ3) is 3.39. The molecule has 0 spiro atoms. The predicted octanol–water partition coefficient (Wildman–Crippen LogP) is 2.21. The van der Waals surface area contributed by atoms with E-state index in [4.69, 9.17) is 4.74 Å². The smallest absolute Gasteiger partial charge is 0.128 e. The van der Waals surface area contributed by atoms with Crippen molar-refractivity contribution in [2.24, 2.45) is 7.05 Å². The summed E-state index contributed by atoms with van der Waals surface area (Å²) in [6, 6.07) is 4.42. The highest BCUT2D eigenvalue weighted by molar-refractivity contribution is 5.50. The Morgan fingerprint density at radius 2 is 2.09 bits per heavy atom. The standard InChI is InChI=1S/C16H23N5O/c1-3-15(13-10-18-20(2)12-13)19-14-4-5-16(17-11-14)21-6-8-22-9-7-21/h4-5,10-12,15,19H,3,6-9H2,1-2H3/t15-/m1/s1. The highest BCUT2D eigenvalue weighted by Gasteiger charge is 2.14. The molecule has 0 aromatic carbocycles. The van der Waals surface area contributed by atoms with Crippen LogP contribution in [0.2, 0.25) is 0 Å². The van der Waals surface area contributed by atoms with Crippen LogP contribution < -0.4 is 10.2 Å². The molecule has 22 heavy (non-hydrogen) atoms. The number of nitrogens with one attached hydrogen (secondary N) is 1. The molecule has 1 aliphatic rings. The summed E-state index contributed by atoms with van der Waals surface area (Å²) in [7, 11) is 1.94. The Bertz CT molecular complexity index is 589. The van der Waals surface area contributed by atoms with Gasteiger partial charge in [-0.25, -0.2) is 4.98 Å². The van der Waals surface area contributed by atoms with Gasteiger partial charge in [0.25, 0.3) is 0 Å². The lowest BCUT2D eigenvalue weighted by molar-refractivity contribution is 0.122. The third-order valence-corrected chi connectivity index (χ3v) is 3.96. The van der Waals surface area contributed by atoms with Gasteiger partial charge in [-0.1, -0.05) is 6.92 Å². The fourth-order valence-electron chi connectivity index (χ4n) is 2.69. The number of nitrogens with zero attached hydrogens (tertiary/aromatic N) is 4. The summed E-state index contributed by atoms with van der Waals surface area (Å²) in [5, 5.41) is 7.77. The van der Waals surface area contributed by atoms with Crippen molar-refractivity contribution in [1.82, 2.24) is 14.8 Å². The van der Waals surface area contributed by atoms with Crippen LogP contribution in [-0.2, 0) is 11.8 Å². The normalized spacial score (nSPS) is 16.5. The average molecular weight is 301 g/mol. The van der Waals surface area contributed by atoms with Crippen LogP contribution in [0, 0.1) is 0 Å². The van der Waals surface area contributed by atoms with E-state index in [-0.39, 0.29) is 6.04 Å². The minimum atomic E-state index is 0.254. The molecule has 0 amide bonds. The van der Waals surface area contributed by atoms with Gasteiger partial charge in [0.05, 0.1) is 37.3 Å². The number of aryl methyl sites for hydroxylation is 1. The second-order valence-corrected chi connectivity index (χ2v) is 5.56. The number of pyridine rings is 1. The summed E-state index contributed by atoms with van der Waals surface area (Å²) in [5.41, 5.74) is 2.23. The van der Waals surface area contributed by atoms with Crippen molar-refractivity contribution in [3.8, 4) is 0 Å². The second-order valence-electron chi connectivity index (χ2n) is 5.56. The van der Waals surface area contributed by atoms with Gasteiger partial charge in [0, 0.05) is 31.9 Å². The van der Waals surface area contributed by atoms with E-state index in [2.05, 4.69) is 45.6 Å². The van der Waals surface area contributed by atoms with E-state index in [0.29, 0.717) is 0 Å². The fourth-order valence-corrected chi connectivity index (χ4v) is 2.69. The minimum absolute atomic E-state index is 0.254. The summed E-state index contributed by atoms with van der Waals surface area (Å²) >= 11 is 0. The van der Waals surface area contributed by atoms with Gasteiger partial charge in [0.1, 0.15) is 5.82 Å². The number of rotatable bonds is 5. The third-order valence-electron chi connectivity index (χ3n) is 3.96. The Morgan fingerprint density at radius 3 is 2.68 bits per heavy atom. The first-order chi connectivity index (χ1) is 10.8. The molecule has 1 atom stereocenters. The van der Waals surface area contributed by atoms with Crippen molar-refractivity contribution in [2.45, 2.75) is 19.4 Å². The molecule has 3 heterocycles. The van der Waals surface area contributed by atoms with E-state index in [9.17, 15) is 0 Å². The van der Waals surface area contributed by atoms with Crippen LogP contribution in [0.3, 0.4) is 0 Å². The molecule has 0 radical (unpaired) electrons. The van der Waals surface area contributed by atoms with E-state index in [1.54, 1.807) is 0 Å². The maximum Gasteiger partial charge on any atom is 0.128 e. The molecule has 2 aromatic heterocycles. The highest BCUT2D eigenvalue weighted by Crippen LogP contribution is 2.23. The van der Waals surface area contributed by atoms with E-state index in [0.717, 1.165) is 44.2 Å². The van der Waals surface area contributed by atoms with Crippen molar-refractivity contribution in [3.05, 3.63) is 36.3 Å². The largest absolute Gasteiger partial charge is 0.378 e.